The fourth-order valence-corrected chi connectivity index (χ4v) is 2.96. The molecule has 0 bridgehead atoms. The van der Waals surface area contributed by atoms with Gasteiger partial charge in [-0.3, -0.25) is 4.79 Å². The highest BCUT2D eigenvalue weighted by Gasteiger charge is 2.32. The third kappa shape index (κ3) is 5.52. The van der Waals surface area contributed by atoms with Crippen molar-refractivity contribution < 1.29 is 19.1 Å². The summed E-state index contributed by atoms with van der Waals surface area (Å²) in [4.78, 5) is 28.6. The van der Waals surface area contributed by atoms with Gasteiger partial charge in [-0.2, -0.15) is 0 Å². The fourth-order valence-electron chi connectivity index (χ4n) is 2.96. The summed E-state index contributed by atoms with van der Waals surface area (Å²) >= 11 is 0. The van der Waals surface area contributed by atoms with E-state index in [0.717, 1.165) is 0 Å². The summed E-state index contributed by atoms with van der Waals surface area (Å²) in [7, 11) is 0. The number of carbonyl (C=O) groups excluding carboxylic acids is 2. The summed E-state index contributed by atoms with van der Waals surface area (Å²) in [6.07, 6.45) is -0.337. The Balaban J connectivity index is 2.04. The monoisotopic (exact) mass is 377 g/mol. The van der Waals surface area contributed by atoms with Crippen molar-refractivity contribution in [3.05, 3.63) is 23.8 Å². The van der Waals surface area contributed by atoms with Crippen LogP contribution in [0.3, 0.4) is 0 Å². The molecule has 2 N–H and O–H groups in total. The summed E-state index contributed by atoms with van der Waals surface area (Å²) < 4.78 is 11.0. The number of piperazine rings is 1. The number of ether oxygens (including phenoxy) is 2. The average Bonchev–Trinajstić information content (AvgIpc) is 2.54. The van der Waals surface area contributed by atoms with Crippen molar-refractivity contribution >= 4 is 17.7 Å². The number of nitrogen functional groups attached to an aromatic ring is 1. The van der Waals surface area contributed by atoms with Gasteiger partial charge in [-0.1, -0.05) is 0 Å². The first-order chi connectivity index (χ1) is 12.5. The lowest BCUT2D eigenvalue weighted by molar-refractivity contribution is 0.00617. The van der Waals surface area contributed by atoms with Gasteiger partial charge in [0.1, 0.15) is 11.4 Å². The molecule has 2 amide bonds. The van der Waals surface area contributed by atoms with Crippen LogP contribution in [0.1, 0.15) is 51.9 Å². The molecule has 27 heavy (non-hydrogen) atoms. The topological polar surface area (TPSA) is 85.1 Å². The van der Waals surface area contributed by atoms with E-state index in [0.29, 0.717) is 36.6 Å². The fraction of sp³-hybridized carbons (Fsp3) is 0.600. The molecule has 2 rings (SSSR count). The number of nitrogens with zero attached hydrogens (tertiary/aromatic N) is 2. The second-order valence-electron chi connectivity index (χ2n) is 8.19. The predicted molar refractivity (Wildman–Crippen MR) is 105 cm³/mol. The third-order valence-electron chi connectivity index (χ3n) is 4.16. The lowest BCUT2D eigenvalue weighted by Crippen LogP contribution is -2.56. The molecular weight excluding hydrogens is 346 g/mol. The lowest BCUT2D eigenvalue weighted by Gasteiger charge is -2.40. The highest BCUT2D eigenvalue weighted by molar-refractivity contribution is 5.96. The molecule has 0 saturated carbocycles. The molecule has 150 valence electrons. The molecule has 1 saturated heterocycles. The van der Waals surface area contributed by atoms with E-state index in [1.807, 2.05) is 41.5 Å². The van der Waals surface area contributed by atoms with Crippen LogP contribution in [0, 0.1) is 0 Å². The zero-order valence-corrected chi connectivity index (χ0v) is 17.1. The van der Waals surface area contributed by atoms with Crippen LogP contribution in [-0.4, -0.2) is 59.2 Å². The highest BCUT2D eigenvalue weighted by Crippen LogP contribution is 2.25. The molecule has 1 aromatic rings. The number of amides is 2. The van der Waals surface area contributed by atoms with Crippen molar-refractivity contribution in [2.45, 2.75) is 59.3 Å². The van der Waals surface area contributed by atoms with Gasteiger partial charge >= 0.3 is 6.09 Å². The normalized spacial score (nSPS) is 17.8. The molecule has 1 aliphatic heterocycles. The summed E-state index contributed by atoms with van der Waals surface area (Å²) in [5.41, 5.74) is 6.44. The van der Waals surface area contributed by atoms with E-state index in [1.165, 1.54) is 0 Å². The zero-order valence-electron chi connectivity index (χ0n) is 17.1. The van der Waals surface area contributed by atoms with Gasteiger partial charge in [-0.05, 0) is 59.7 Å². The Bertz CT molecular complexity index is 697. The molecule has 7 nitrogen and oxygen atoms in total. The SMILES string of the molecule is CC(C)Oc1ccc(C(=O)N2CCN(C(=O)OC(C)(C)C)C[C@H]2C)cc1N. The van der Waals surface area contributed by atoms with Crippen molar-refractivity contribution in [2.75, 3.05) is 25.4 Å². The lowest BCUT2D eigenvalue weighted by atomic mass is 10.1. The first-order valence-electron chi connectivity index (χ1n) is 9.33. The van der Waals surface area contributed by atoms with Crippen LogP contribution in [-0.2, 0) is 4.74 Å². The minimum atomic E-state index is -0.537. The first-order valence-corrected chi connectivity index (χ1v) is 9.33. The molecule has 1 fully saturated rings. The van der Waals surface area contributed by atoms with E-state index in [9.17, 15) is 9.59 Å². The molecular formula is C20H31N3O4. The Kier molecular flexibility index (Phi) is 6.23. The van der Waals surface area contributed by atoms with E-state index in [4.69, 9.17) is 15.2 Å². The number of hydrogen-bond donors (Lipinski definition) is 1. The van der Waals surface area contributed by atoms with Crippen LogP contribution in [0.5, 0.6) is 5.75 Å². The quantitative estimate of drug-likeness (QED) is 0.818. The van der Waals surface area contributed by atoms with E-state index in [1.54, 1.807) is 28.0 Å². The minimum absolute atomic E-state index is 0.00908. The van der Waals surface area contributed by atoms with Gasteiger partial charge in [0.05, 0.1) is 11.8 Å². The molecule has 1 heterocycles. The van der Waals surface area contributed by atoms with Crippen molar-refractivity contribution in [2.24, 2.45) is 0 Å². The molecule has 0 radical (unpaired) electrons. The smallest absolute Gasteiger partial charge is 0.410 e. The molecule has 0 aliphatic carbocycles. The van der Waals surface area contributed by atoms with Crippen molar-refractivity contribution in [1.82, 2.24) is 9.80 Å². The standard InChI is InChI=1S/C20H31N3O4/c1-13(2)26-17-8-7-15(11-16(17)21)18(24)23-10-9-22(12-14(23)3)19(25)27-20(4,5)6/h7-8,11,13-14H,9-10,12,21H2,1-6H3/t14-/m1/s1. The van der Waals surface area contributed by atoms with Crippen LogP contribution in [0.4, 0.5) is 10.5 Å². The van der Waals surface area contributed by atoms with Crippen molar-refractivity contribution in [1.29, 1.82) is 0 Å². The second kappa shape index (κ2) is 8.06. The van der Waals surface area contributed by atoms with Gasteiger partial charge in [0, 0.05) is 31.2 Å². The minimum Gasteiger partial charge on any atom is -0.489 e. The largest absolute Gasteiger partial charge is 0.489 e. The summed E-state index contributed by atoms with van der Waals surface area (Å²) in [6, 6.07) is 4.98. The Morgan fingerprint density at radius 1 is 1.22 bits per heavy atom. The summed E-state index contributed by atoms with van der Waals surface area (Å²) in [6.45, 7) is 12.6. The first kappa shape index (κ1) is 20.9. The second-order valence-corrected chi connectivity index (χ2v) is 8.19. The molecule has 0 aromatic heterocycles. The third-order valence-corrected chi connectivity index (χ3v) is 4.16. The van der Waals surface area contributed by atoms with Gasteiger partial charge in [-0.15, -0.1) is 0 Å². The van der Waals surface area contributed by atoms with Crippen molar-refractivity contribution in [3.63, 3.8) is 0 Å². The number of benzene rings is 1. The van der Waals surface area contributed by atoms with E-state index >= 15 is 0 Å². The molecule has 1 aromatic carbocycles. The van der Waals surface area contributed by atoms with E-state index < -0.39 is 5.60 Å². The van der Waals surface area contributed by atoms with Gasteiger partial charge in [-0.25, -0.2) is 4.79 Å². The van der Waals surface area contributed by atoms with Gasteiger partial charge in [0.2, 0.25) is 0 Å². The van der Waals surface area contributed by atoms with Gasteiger partial charge < -0.3 is 25.0 Å². The van der Waals surface area contributed by atoms with E-state index in [-0.39, 0.29) is 24.1 Å². The maximum atomic E-state index is 12.9. The summed E-state index contributed by atoms with van der Waals surface area (Å²) in [5.74, 6) is 0.471. The predicted octanol–water partition coefficient (Wildman–Crippen LogP) is 3.14. The number of anilines is 1. The Morgan fingerprint density at radius 3 is 2.41 bits per heavy atom. The Morgan fingerprint density at radius 2 is 1.89 bits per heavy atom. The molecule has 7 heteroatoms. The van der Waals surface area contributed by atoms with Crippen LogP contribution < -0.4 is 10.5 Å². The van der Waals surface area contributed by atoms with Gasteiger partial charge in [0.15, 0.2) is 0 Å². The number of carbonyl (C=O) groups is 2. The zero-order chi connectivity index (χ0) is 20.4. The van der Waals surface area contributed by atoms with Crippen LogP contribution >= 0.6 is 0 Å². The van der Waals surface area contributed by atoms with Crippen LogP contribution in [0.15, 0.2) is 18.2 Å². The van der Waals surface area contributed by atoms with Gasteiger partial charge in [0.25, 0.3) is 5.91 Å². The van der Waals surface area contributed by atoms with E-state index in [2.05, 4.69) is 0 Å². The summed E-state index contributed by atoms with van der Waals surface area (Å²) in [5, 5.41) is 0. The Labute approximate surface area is 161 Å². The number of nitrogens with two attached hydrogens (primary N) is 1. The molecule has 0 unspecified atom stereocenters. The number of rotatable bonds is 3. The molecule has 1 atom stereocenters. The van der Waals surface area contributed by atoms with Crippen molar-refractivity contribution in [3.8, 4) is 5.75 Å². The van der Waals surface area contributed by atoms with Crippen LogP contribution in [0.2, 0.25) is 0 Å². The maximum Gasteiger partial charge on any atom is 0.410 e. The highest BCUT2D eigenvalue weighted by atomic mass is 16.6. The van der Waals surface area contributed by atoms with Crippen LogP contribution in [0.25, 0.3) is 0 Å². The molecule has 1 aliphatic rings. The number of hydrogen-bond acceptors (Lipinski definition) is 5. The average molecular weight is 377 g/mol. The molecule has 0 spiro atoms. The Hall–Kier alpha value is -2.44. The maximum absolute atomic E-state index is 12.9.